The van der Waals surface area contributed by atoms with Crippen LogP contribution in [0.15, 0.2) is 42.6 Å². The number of hydrogen-bond acceptors (Lipinski definition) is 3. The van der Waals surface area contributed by atoms with Gasteiger partial charge in [0.05, 0.1) is 12.2 Å². The summed E-state index contributed by atoms with van der Waals surface area (Å²) < 4.78 is 0. The smallest absolute Gasteiger partial charge is 0.251 e. The summed E-state index contributed by atoms with van der Waals surface area (Å²) in [5, 5.41) is 3.20. The highest BCUT2D eigenvalue weighted by molar-refractivity contribution is 6.31. The van der Waals surface area contributed by atoms with Crippen molar-refractivity contribution in [1.29, 1.82) is 0 Å². The number of nitrogen functional groups attached to an aromatic ring is 1. The van der Waals surface area contributed by atoms with Crippen molar-refractivity contribution in [3.63, 3.8) is 0 Å². The summed E-state index contributed by atoms with van der Waals surface area (Å²) in [5.41, 5.74) is 7.32. The minimum absolute atomic E-state index is 0.227. The van der Waals surface area contributed by atoms with Crippen molar-refractivity contribution >= 4 is 23.2 Å². The van der Waals surface area contributed by atoms with E-state index in [9.17, 15) is 4.79 Å². The van der Waals surface area contributed by atoms with Crippen LogP contribution in [0.5, 0.6) is 0 Å². The number of hydrogen-bond donors (Lipinski definition) is 2. The molecule has 0 aliphatic rings. The number of aromatic nitrogens is 1. The molecular formula is C13H12ClN3O. The Morgan fingerprint density at radius 3 is 2.83 bits per heavy atom. The van der Waals surface area contributed by atoms with E-state index < -0.39 is 0 Å². The minimum Gasteiger partial charge on any atom is -0.399 e. The van der Waals surface area contributed by atoms with Crippen LogP contribution in [-0.2, 0) is 6.54 Å². The SMILES string of the molecule is Nc1cc(Cl)cc(C(=O)NCc2ccccn2)c1. The molecule has 0 fully saturated rings. The molecule has 1 amide bonds. The van der Waals surface area contributed by atoms with Crippen LogP contribution < -0.4 is 11.1 Å². The molecule has 0 aliphatic carbocycles. The van der Waals surface area contributed by atoms with Gasteiger partial charge in [-0.3, -0.25) is 9.78 Å². The molecule has 2 rings (SSSR count). The molecule has 0 atom stereocenters. The van der Waals surface area contributed by atoms with E-state index in [1.165, 1.54) is 0 Å². The zero-order valence-corrected chi connectivity index (χ0v) is 10.3. The molecule has 1 aromatic heterocycles. The monoisotopic (exact) mass is 261 g/mol. The summed E-state index contributed by atoms with van der Waals surface area (Å²) in [6, 6.07) is 10.3. The van der Waals surface area contributed by atoms with Crippen molar-refractivity contribution in [3.8, 4) is 0 Å². The molecule has 1 heterocycles. The van der Waals surface area contributed by atoms with Crippen molar-refractivity contribution in [2.75, 3.05) is 5.73 Å². The molecule has 18 heavy (non-hydrogen) atoms. The topological polar surface area (TPSA) is 68.0 Å². The van der Waals surface area contributed by atoms with Crippen molar-refractivity contribution in [3.05, 3.63) is 58.9 Å². The van der Waals surface area contributed by atoms with E-state index in [-0.39, 0.29) is 5.91 Å². The van der Waals surface area contributed by atoms with Gasteiger partial charge in [0.15, 0.2) is 0 Å². The summed E-state index contributed by atoms with van der Waals surface area (Å²) in [7, 11) is 0. The lowest BCUT2D eigenvalue weighted by Gasteiger charge is -2.06. The number of pyridine rings is 1. The van der Waals surface area contributed by atoms with Crippen LogP contribution in [0.2, 0.25) is 5.02 Å². The van der Waals surface area contributed by atoms with Crippen molar-refractivity contribution in [2.24, 2.45) is 0 Å². The number of halogens is 1. The first-order chi connectivity index (χ1) is 8.65. The molecule has 0 saturated heterocycles. The van der Waals surface area contributed by atoms with Crippen LogP contribution in [0.1, 0.15) is 16.1 Å². The molecule has 2 aromatic rings. The zero-order chi connectivity index (χ0) is 13.0. The molecule has 0 spiro atoms. The second-order valence-corrected chi connectivity index (χ2v) is 4.21. The Bertz CT molecular complexity index is 537. The van der Waals surface area contributed by atoms with E-state index in [1.54, 1.807) is 24.4 Å². The van der Waals surface area contributed by atoms with E-state index in [1.807, 2.05) is 18.2 Å². The maximum atomic E-state index is 11.9. The standard InChI is InChI=1S/C13H12ClN3O/c14-10-5-9(6-11(15)7-10)13(18)17-8-12-3-1-2-4-16-12/h1-7H,8,15H2,(H,17,18). The fourth-order valence-electron chi connectivity index (χ4n) is 1.52. The molecule has 5 heteroatoms. The lowest BCUT2D eigenvalue weighted by Crippen LogP contribution is -2.23. The number of nitrogens with zero attached hydrogens (tertiary/aromatic N) is 1. The first-order valence-electron chi connectivity index (χ1n) is 5.39. The molecule has 0 radical (unpaired) electrons. The maximum Gasteiger partial charge on any atom is 0.251 e. The summed E-state index contributed by atoms with van der Waals surface area (Å²) in [5.74, 6) is -0.227. The number of nitrogens with one attached hydrogen (secondary N) is 1. The largest absolute Gasteiger partial charge is 0.399 e. The Morgan fingerprint density at radius 1 is 1.33 bits per heavy atom. The van der Waals surface area contributed by atoms with Crippen LogP contribution in [0.3, 0.4) is 0 Å². The molecule has 3 N–H and O–H groups in total. The van der Waals surface area contributed by atoms with E-state index >= 15 is 0 Å². The lowest BCUT2D eigenvalue weighted by atomic mass is 10.2. The predicted molar refractivity (Wildman–Crippen MR) is 71.3 cm³/mol. The first kappa shape index (κ1) is 12.4. The molecule has 0 unspecified atom stereocenters. The quantitative estimate of drug-likeness (QED) is 0.833. The Hall–Kier alpha value is -2.07. The van der Waals surface area contributed by atoms with Gasteiger partial charge in [0.25, 0.3) is 5.91 Å². The second-order valence-electron chi connectivity index (χ2n) is 3.78. The molecular weight excluding hydrogens is 250 g/mol. The van der Waals surface area contributed by atoms with Crippen molar-refractivity contribution < 1.29 is 4.79 Å². The van der Waals surface area contributed by atoms with Crippen LogP contribution in [0, 0.1) is 0 Å². The van der Waals surface area contributed by atoms with Crippen LogP contribution >= 0.6 is 11.6 Å². The molecule has 4 nitrogen and oxygen atoms in total. The zero-order valence-electron chi connectivity index (χ0n) is 9.56. The van der Waals surface area contributed by atoms with Gasteiger partial charge < -0.3 is 11.1 Å². The summed E-state index contributed by atoms with van der Waals surface area (Å²) in [4.78, 5) is 16.0. The number of carbonyl (C=O) groups excluding carboxylic acids is 1. The van der Waals surface area contributed by atoms with Crippen molar-refractivity contribution in [2.45, 2.75) is 6.54 Å². The predicted octanol–water partition coefficient (Wildman–Crippen LogP) is 2.25. The van der Waals surface area contributed by atoms with Gasteiger partial charge in [-0.2, -0.15) is 0 Å². The number of carbonyl (C=O) groups is 1. The Kier molecular flexibility index (Phi) is 3.79. The van der Waals surface area contributed by atoms with Gasteiger partial charge in [-0.15, -0.1) is 0 Å². The highest BCUT2D eigenvalue weighted by Crippen LogP contribution is 2.16. The number of benzene rings is 1. The Balaban J connectivity index is 2.04. The normalized spacial score (nSPS) is 10.1. The van der Waals surface area contributed by atoms with Crippen LogP contribution in [0.4, 0.5) is 5.69 Å². The molecule has 1 aromatic carbocycles. The summed E-state index contributed by atoms with van der Waals surface area (Å²) in [6.07, 6.45) is 1.68. The highest BCUT2D eigenvalue weighted by atomic mass is 35.5. The average molecular weight is 262 g/mol. The van der Waals surface area contributed by atoms with Gasteiger partial charge >= 0.3 is 0 Å². The average Bonchev–Trinajstić information content (AvgIpc) is 2.36. The Labute approximate surface area is 110 Å². The second kappa shape index (κ2) is 5.51. The number of amides is 1. The third kappa shape index (κ3) is 3.21. The van der Waals surface area contributed by atoms with Gasteiger partial charge in [0, 0.05) is 22.5 Å². The van der Waals surface area contributed by atoms with Crippen LogP contribution in [0.25, 0.3) is 0 Å². The summed E-state index contributed by atoms with van der Waals surface area (Å²) >= 11 is 5.84. The molecule has 0 bridgehead atoms. The van der Waals surface area contributed by atoms with E-state index in [0.29, 0.717) is 22.8 Å². The molecule has 0 aliphatic heterocycles. The highest BCUT2D eigenvalue weighted by Gasteiger charge is 2.07. The van der Waals surface area contributed by atoms with E-state index in [0.717, 1.165) is 5.69 Å². The molecule has 0 saturated carbocycles. The molecule has 92 valence electrons. The van der Waals surface area contributed by atoms with Gasteiger partial charge in [-0.05, 0) is 30.3 Å². The maximum absolute atomic E-state index is 11.9. The van der Waals surface area contributed by atoms with Crippen LogP contribution in [-0.4, -0.2) is 10.9 Å². The Morgan fingerprint density at radius 2 is 2.17 bits per heavy atom. The number of anilines is 1. The van der Waals surface area contributed by atoms with Gasteiger partial charge in [-0.25, -0.2) is 0 Å². The van der Waals surface area contributed by atoms with E-state index in [4.69, 9.17) is 17.3 Å². The van der Waals surface area contributed by atoms with Gasteiger partial charge in [-0.1, -0.05) is 17.7 Å². The minimum atomic E-state index is -0.227. The number of nitrogens with two attached hydrogens (primary N) is 1. The van der Waals surface area contributed by atoms with Crippen molar-refractivity contribution in [1.82, 2.24) is 10.3 Å². The first-order valence-corrected chi connectivity index (χ1v) is 5.77. The fourth-order valence-corrected chi connectivity index (χ4v) is 1.76. The third-order valence-corrected chi connectivity index (χ3v) is 2.56. The van der Waals surface area contributed by atoms with Gasteiger partial charge in [0.2, 0.25) is 0 Å². The number of rotatable bonds is 3. The fraction of sp³-hybridized carbons (Fsp3) is 0.0769. The van der Waals surface area contributed by atoms with Gasteiger partial charge in [0.1, 0.15) is 0 Å². The lowest BCUT2D eigenvalue weighted by molar-refractivity contribution is 0.0950. The summed E-state index contributed by atoms with van der Waals surface area (Å²) in [6.45, 7) is 0.367. The van der Waals surface area contributed by atoms with E-state index in [2.05, 4.69) is 10.3 Å². The third-order valence-electron chi connectivity index (χ3n) is 2.34.